The molecule has 0 radical (unpaired) electrons. The van der Waals surface area contributed by atoms with Gasteiger partial charge in [-0.2, -0.15) is 0 Å². The van der Waals surface area contributed by atoms with Crippen LogP contribution in [0.25, 0.3) is 22.5 Å². The van der Waals surface area contributed by atoms with Gasteiger partial charge in [-0.1, -0.05) is 46.3 Å². The number of ether oxygens (including phenoxy) is 2. The molecule has 12 heteroatoms. The first-order valence-corrected chi connectivity index (χ1v) is 17.9. The predicted molar refractivity (Wildman–Crippen MR) is 200 cm³/mol. The SMILES string of the molecule is C/C(OCCCN(C)C)=C(Br)\C=C(/C)CCn1cc(-c2ccc(-c3cn(CCc4ccc(OCCCN(C)C)c(Br)c4)nn3)cc2)nn1. The smallest absolute Gasteiger partial charge is 0.133 e. The number of hydrogen-bond acceptors (Lipinski definition) is 8. The van der Waals surface area contributed by atoms with Crippen LogP contribution in [0, 0.1) is 0 Å². The zero-order valence-electron chi connectivity index (χ0n) is 29.0. The first-order valence-electron chi connectivity index (χ1n) is 16.4. The lowest BCUT2D eigenvalue weighted by Crippen LogP contribution is -2.15. The third-order valence-corrected chi connectivity index (χ3v) is 9.11. The molecule has 0 N–H and O–H groups in total. The lowest BCUT2D eigenvalue weighted by molar-refractivity contribution is 0.198. The minimum atomic E-state index is 0.696. The second-order valence-corrected chi connectivity index (χ2v) is 14.2. The van der Waals surface area contributed by atoms with Crippen LogP contribution in [0.1, 0.15) is 38.7 Å². The van der Waals surface area contributed by atoms with Gasteiger partial charge in [-0.25, -0.2) is 0 Å². The molecule has 0 amide bonds. The Bertz CT molecular complexity index is 1640. The fourth-order valence-electron chi connectivity index (χ4n) is 4.87. The molecule has 0 aliphatic rings. The van der Waals surface area contributed by atoms with Gasteiger partial charge in [0.25, 0.3) is 0 Å². The number of hydrogen-bond donors (Lipinski definition) is 0. The van der Waals surface area contributed by atoms with Crippen LogP contribution >= 0.6 is 31.9 Å². The lowest BCUT2D eigenvalue weighted by atomic mass is 10.1. The van der Waals surface area contributed by atoms with Gasteiger partial charge in [0.2, 0.25) is 0 Å². The zero-order valence-corrected chi connectivity index (χ0v) is 32.2. The average molecular weight is 785 g/mol. The van der Waals surface area contributed by atoms with E-state index in [0.717, 1.165) is 94.8 Å². The van der Waals surface area contributed by atoms with Crippen LogP contribution in [0.2, 0.25) is 0 Å². The Hall–Kier alpha value is -3.32. The summed E-state index contributed by atoms with van der Waals surface area (Å²) in [6, 6.07) is 14.5. The van der Waals surface area contributed by atoms with Gasteiger partial charge in [-0.05, 0) is 123 Å². The van der Waals surface area contributed by atoms with Crippen molar-refractivity contribution in [1.82, 2.24) is 39.8 Å². The molecule has 0 fully saturated rings. The van der Waals surface area contributed by atoms with Gasteiger partial charge in [0.1, 0.15) is 22.9 Å². The molecular formula is C36H48Br2N8O2. The molecule has 0 saturated heterocycles. The summed E-state index contributed by atoms with van der Waals surface area (Å²) >= 11 is 7.32. The van der Waals surface area contributed by atoms with E-state index >= 15 is 0 Å². The molecule has 4 rings (SSSR count). The summed E-state index contributed by atoms with van der Waals surface area (Å²) in [4.78, 5) is 4.32. The standard InChI is InChI=1S/C36H48Br2N8O2/c1-27(23-32(37)28(2)47-21-7-17-43(3)4)15-19-45-25-34(39-41-45)30-10-12-31(13-11-30)35-26-46(42-40-35)20-16-29-9-14-36(33(38)24-29)48-22-8-18-44(5)6/h9-14,23-26H,7-8,15-22H2,1-6H3/b27-23+,32-28-. The molecule has 0 bridgehead atoms. The first kappa shape index (κ1) is 37.5. The second-order valence-electron chi connectivity index (χ2n) is 12.5. The quantitative estimate of drug-likeness (QED) is 0.0551. The Morgan fingerprint density at radius 3 is 1.98 bits per heavy atom. The average Bonchev–Trinajstić information content (AvgIpc) is 3.74. The van der Waals surface area contributed by atoms with Gasteiger partial charge >= 0.3 is 0 Å². The van der Waals surface area contributed by atoms with Crippen LogP contribution < -0.4 is 4.74 Å². The van der Waals surface area contributed by atoms with Crippen molar-refractivity contribution in [2.75, 3.05) is 54.5 Å². The van der Waals surface area contributed by atoms with Crippen molar-refractivity contribution in [3.05, 3.63) is 86.8 Å². The number of aromatic nitrogens is 6. The molecule has 0 aliphatic carbocycles. The van der Waals surface area contributed by atoms with E-state index in [9.17, 15) is 0 Å². The maximum atomic E-state index is 5.93. The molecule has 4 aromatic rings. The Labute approximate surface area is 302 Å². The molecule has 10 nitrogen and oxygen atoms in total. The highest BCUT2D eigenvalue weighted by atomic mass is 79.9. The number of allylic oxidation sites excluding steroid dienone is 4. The van der Waals surface area contributed by atoms with Gasteiger partial charge in [0.05, 0.1) is 34.6 Å². The number of aryl methyl sites for hydroxylation is 3. The molecule has 258 valence electrons. The Balaban J connectivity index is 1.25. The summed E-state index contributed by atoms with van der Waals surface area (Å²) < 4.78 is 17.5. The Kier molecular flexibility index (Phi) is 14.9. The lowest BCUT2D eigenvalue weighted by Gasteiger charge is -2.12. The second kappa shape index (κ2) is 19.0. The number of benzene rings is 2. The van der Waals surface area contributed by atoms with Crippen molar-refractivity contribution >= 4 is 31.9 Å². The van der Waals surface area contributed by atoms with Crippen molar-refractivity contribution in [2.24, 2.45) is 0 Å². The number of rotatable bonds is 19. The van der Waals surface area contributed by atoms with E-state index in [1.165, 1.54) is 11.1 Å². The van der Waals surface area contributed by atoms with E-state index in [0.29, 0.717) is 13.2 Å². The van der Waals surface area contributed by atoms with Crippen LogP contribution in [-0.2, 0) is 24.2 Å². The van der Waals surface area contributed by atoms with Crippen molar-refractivity contribution in [3.63, 3.8) is 0 Å². The molecule has 48 heavy (non-hydrogen) atoms. The minimum absolute atomic E-state index is 0.696. The van der Waals surface area contributed by atoms with E-state index in [1.54, 1.807) is 0 Å². The maximum Gasteiger partial charge on any atom is 0.133 e. The molecule has 2 aromatic carbocycles. The normalized spacial score (nSPS) is 12.6. The van der Waals surface area contributed by atoms with Crippen LogP contribution in [0.5, 0.6) is 5.75 Å². The fraction of sp³-hybridized carbons (Fsp3) is 0.444. The minimum Gasteiger partial charge on any atom is -0.497 e. The molecule has 2 heterocycles. The molecule has 0 aliphatic heterocycles. The highest BCUT2D eigenvalue weighted by molar-refractivity contribution is 9.12. The van der Waals surface area contributed by atoms with Crippen molar-refractivity contribution in [3.8, 4) is 28.3 Å². The third kappa shape index (κ3) is 12.3. The summed E-state index contributed by atoms with van der Waals surface area (Å²) in [5, 5.41) is 17.5. The van der Waals surface area contributed by atoms with Gasteiger partial charge < -0.3 is 19.3 Å². The van der Waals surface area contributed by atoms with E-state index in [1.807, 2.05) is 34.7 Å². The predicted octanol–water partition coefficient (Wildman–Crippen LogP) is 7.47. The van der Waals surface area contributed by atoms with Crippen LogP contribution in [-0.4, -0.2) is 94.3 Å². The molecule has 0 unspecified atom stereocenters. The van der Waals surface area contributed by atoms with Crippen LogP contribution in [0.3, 0.4) is 0 Å². The molecule has 0 saturated carbocycles. The van der Waals surface area contributed by atoms with Gasteiger partial charge in [-0.15, -0.1) is 10.2 Å². The van der Waals surface area contributed by atoms with Crippen molar-refractivity contribution in [2.45, 2.75) is 52.6 Å². The number of nitrogens with zero attached hydrogens (tertiary/aromatic N) is 8. The summed E-state index contributed by atoms with van der Waals surface area (Å²) in [5.41, 5.74) is 6.13. The van der Waals surface area contributed by atoms with E-state index < -0.39 is 0 Å². The summed E-state index contributed by atoms with van der Waals surface area (Å²) in [5.74, 6) is 1.77. The van der Waals surface area contributed by atoms with Crippen molar-refractivity contribution < 1.29 is 9.47 Å². The Morgan fingerprint density at radius 1 is 0.812 bits per heavy atom. The maximum absolute atomic E-state index is 5.93. The summed E-state index contributed by atoms with van der Waals surface area (Å²) in [7, 11) is 8.29. The fourth-order valence-corrected chi connectivity index (χ4v) is 5.92. The molecule has 0 atom stereocenters. The van der Waals surface area contributed by atoms with E-state index in [2.05, 4.69) is 140 Å². The molecule has 2 aromatic heterocycles. The number of halogens is 2. The van der Waals surface area contributed by atoms with E-state index in [4.69, 9.17) is 9.47 Å². The van der Waals surface area contributed by atoms with Gasteiger partial charge in [0, 0.05) is 37.3 Å². The summed E-state index contributed by atoms with van der Waals surface area (Å²) in [6.45, 7) is 9.01. The first-order chi connectivity index (χ1) is 23.1. The highest BCUT2D eigenvalue weighted by Gasteiger charge is 2.09. The topological polar surface area (TPSA) is 86.4 Å². The molecular weight excluding hydrogens is 736 g/mol. The third-order valence-electron chi connectivity index (χ3n) is 7.70. The zero-order chi connectivity index (χ0) is 34.5. The van der Waals surface area contributed by atoms with Gasteiger partial charge in [-0.3, -0.25) is 9.36 Å². The van der Waals surface area contributed by atoms with Crippen LogP contribution in [0.4, 0.5) is 0 Å². The monoisotopic (exact) mass is 782 g/mol. The van der Waals surface area contributed by atoms with E-state index in [-0.39, 0.29) is 0 Å². The summed E-state index contributed by atoms with van der Waals surface area (Å²) in [6.07, 6.45) is 9.78. The largest absolute Gasteiger partial charge is 0.497 e. The van der Waals surface area contributed by atoms with Gasteiger partial charge in [0.15, 0.2) is 0 Å². The Morgan fingerprint density at radius 2 is 1.40 bits per heavy atom. The van der Waals surface area contributed by atoms with Crippen molar-refractivity contribution in [1.29, 1.82) is 0 Å². The molecule has 0 spiro atoms. The van der Waals surface area contributed by atoms with Crippen LogP contribution in [0.15, 0.2) is 81.2 Å². The highest BCUT2D eigenvalue weighted by Crippen LogP contribution is 2.27.